The van der Waals surface area contributed by atoms with Gasteiger partial charge in [-0.2, -0.15) is 5.10 Å². The van der Waals surface area contributed by atoms with Crippen molar-refractivity contribution in [3.8, 4) is 0 Å². The van der Waals surface area contributed by atoms with E-state index in [1.807, 2.05) is 6.20 Å². The molecule has 0 amide bonds. The van der Waals surface area contributed by atoms with E-state index in [-0.39, 0.29) is 5.54 Å². The molecule has 1 saturated carbocycles. The lowest BCUT2D eigenvalue weighted by Crippen LogP contribution is -2.35. The van der Waals surface area contributed by atoms with Gasteiger partial charge in [0, 0.05) is 30.4 Å². The molecule has 1 aliphatic heterocycles. The van der Waals surface area contributed by atoms with Gasteiger partial charge in [-0.25, -0.2) is 0 Å². The minimum absolute atomic E-state index is 0.0817. The lowest BCUT2D eigenvalue weighted by atomic mass is 10.1. The zero-order valence-electron chi connectivity index (χ0n) is 10.6. The van der Waals surface area contributed by atoms with Gasteiger partial charge >= 0.3 is 0 Å². The van der Waals surface area contributed by atoms with Gasteiger partial charge in [0.1, 0.15) is 0 Å². The predicted molar refractivity (Wildman–Crippen MR) is 67.9 cm³/mol. The molecule has 1 unspecified atom stereocenters. The summed E-state index contributed by atoms with van der Waals surface area (Å²) in [6.45, 7) is 2.33. The summed E-state index contributed by atoms with van der Waals surface area (Å²) in [7, 11) is 2.20. The Kier molecular flexibility index (Phi) is 2.71. The first-order valence-electron chi connectivity index (χ1n) is 6.66. The Hall–Kier alpha value is -0.870. The molecule has 2 N–H and O–H groups in total. The van der Waals surface area contributed by atoms with E-state index in [4.69, 9.17) is 5.73 Å². The summed E-state index contributed by atoms with van der Waals surface area (Å²) < 4.78 is 2.22. The number of nitrogens with two attached hydrogens (primary N) is 1. The molecule has 94 valence electrons. The third-order valence-electron chi connectivity index (χ3n) is 4.12. The SMILES string of the molecule is CN1CCCC(n2nccc2CC2(N)CC2)C1. The van der Waals surface area contributed by atoms with Crippen LogP contribution in [0.2, 0.25) is 0 Å². The fraction of sp³-hybridized carbons (Fsp3) is 0.769. The summed E-state index contributed by atoms with van der Waals surface area (Å²) in [5.74, 6) is 0. The number of likely N-dealkylation sites (N-methyl/N-ethyl adjacent to an activating group) is 1. The van der Waals surface area contributed by atoms with Gasteiger partial charge in [0.2, 0.25) is 0 Å². The average Bonchev–Trinajstić information content (AvgIpc) is 2.86. The van der Waals surface area contributed by atoms with Crippen molar-refractivity contribution in [2.45, 2.75) is 43.7 Å². The van der Waals surface area contributed by atoms with Crippen LogP contribution in [-0.4, -0.2) is 40.4 Å². The third-order valence-corrected chi connectivity index (χ3v) is 4.12. The molecular weight excluding hydrogens is 212 g/mol. The van der Waals surface area contributed by atoms with E-state index in [1.165, 1.54) is 37.9 Å². The van der Waals surface area contributed by atoms with E-state index in [0.29, 0.717) is 6.04 Å². The predicted octanol–water partition coefficient (Wildman–Crippen LogP) is 1.18. The first-order valence-corrected chi connectivity index (χ1v) is 6.66. The maximum absolute atomic E-state index is 6.21. The van der Waals surface area contributed by atoms with Crippen molar-refractivity contribution in [2.24, 2.45) is 5.73 Å². The van der Waals surface area contributed by atoms with Crippen LogP contribution in [0, 0.1) is 0 Å². The Morgan fingerprint density at radius 3 is 3.06 bits per heavy atom. The number of rotatable bonds is 3. The van der Waals surface area contributed by atoms with Gasteiger partial charge in [-0.15, -0.1) is 0 Å². The van der Waals surface area contributed by atoms with Crippen LogP contribution in [0.15, 0.2) is 12.3 Å². The molecule has 2 fully saturated rings. The molecule has 4 nitrogen and oxygen atoms in total. The van der Waals surface area contributed by atoms with Crippen LogP contribution in [-0.2, 0) is 6.42 Å². The zero-order valence-corrected chi connectivity index (χ0v) is 10.6. The molecule has 1 aromatic rings. The molecule has 4 heteroatoms. The van der Waals surface area contributed by atoms with Crippen LogP contribution in [0.3, 0.4) is 0 Å². The van der Waals surface area contributed by atoms with Crippen molar-refractivity contribution in [3.05, 3.63) is 18.0 Å². The summed E-state index contributed by atoms with van der Waals surface area (Å²) in [5.41, 5.74) is 7.62. The van der Waals surface area contributed by atoms with Crippen molar-refractivity contribution in [1.29, 1.82) is 0 Å². The highest BCUT2D eigenvalue weighted by Gasteiger charge is 2.39. The largest absolute Gasteiger partial charge is 0.325 e. The highest BCUT2D eigenvalue weighted by atomic mass is 15.3. The normalized spacial score (nSPS) is 28.2. The van der Waals surface area contributed by atoms with Gasteiger partial charge in [-0.1, -0.05) is 0 Å². The second-order valence-corrected chi connectivity index (χ2v) is 5.86. The summed E-state index contributed by atoms with van der Waals surface area (Å²) in [6, 6.07) is 2.68. The van der Waals surface area contributed by atoms with E-state index >= 15 is 0 Å². The number of piperidine rings is 1. The van der Waals surface area contributed by atoms with Crippen LogP contribution >= 0.6 is 0 Å². The second kappa shape index (κ2) is 4.10. The molecule has 17 heavy (non-hydrogen) atoms. The van der Waals surface area contributed by atoms with Gasteiger partial charge in [0.25, 0.3) is 0 Å². The Morgan fingerprint density at radius 1 is 1.53 bits per heavy atom. The Labute approximate surface area is 103 Å². The quantitative estimate of drug-likeness (QED) is 0.854. The van der Waals surface area contributed by atoms with Gasteiger partial charge in [0.15, 0.2) is 0 Å². The number of hydrogen-bond acceptors (Lipinski definition) is 3. The summed E-state index contributed by atoms with van der Waals surface area (Å²) in [5, 5.41) is 4.52. The Bertz CT molecular complexity index is 394. The maximum atomic E-state index is 6.21. The standard InChI is InChI=1S/C13H22N4/c1-16-8-2-3-12(10-16)17-11(4-7-15-17)9-13(14)5-6-13/h4,7,12H,2-3,5-6,8-10,14H2,1H3. The number of hydrogen-bond donors (Lipinski definition) is 1. The molecule has 2 aliphatic rings. The third kappa shape index (κ3) is 2.38. The van der Waals surface area contributed by atoms with E-state index in [2.05, 4.69) is 27.8 Å². The number of likely N-dealkylation sites (tertiary alicyclic amines) is 1. The van der Waals surface area contributed by atoms with Crippen molar-refractivity contribution in [2.75, 3.05) is 20.1 Å². The summed E-state index contributed by atoms with van der Waals surface area (Å²) in [4.78, 5) is 2.40. The number of aromatic nitrogens is 2. The molecule has 1 aromatic heterocycles. The molecule has 1 aliphatic carbocycles. The van der Waals surface area contributed by atoms with Crippen LogP contribution in [0.1, 0.15) is 37.4 Å². The van der Waals surface area contributed by atoms with Gasteiger partial charge in [-0.3, -0.25) is 4.68 Å². The Morgan fingerprint density at radius 2 is 2.35 bits per heavy atom. The molecule has 3 rings (SSSR count). The first-order chi connectivity index (χ1) is 8.16. The minimum atomic E-state index is 0.0817. The van der Waals surface area contributed by atoms with E-state index in [1.54, 1.807) is 0 Å². The monoisotopic (exact) mass is 234 g/mol. The Balaban J connectivity index is 1.75. The van der Waals surface area contributed by atoms with Gasteiger partial charge in [0.05, 0.1) is 6.04 Å². The fourth-order valence-corrected chi connectivity index (χ4v) is 2.85. The summed E-state index contributed by atoms with van der Waals surface area (Å²) in [6.07, 6.45) is 7.78. The van der Waals surface area contributed by atoms with E-state index in [0.717, 1.165) is 13.0 Å². The molecule has 0 aromatic carbocycles. The first kappa shape index (κ1) is 11.2. The van der Waals surface area contributed by atoms with Gasteiger partial charge in [-0.05, 0) is 45.3 Å². The van der Waals surface area contributed by atoms with Crippen molar-refractivity contribution >= 4 is 0 Å². The van der Waals surface area contributed by atoms with Gasteiger partial charge < -0.3 is 10.6 Å². The zero-order chi connectivity index (χ0) is 11.9. The molecule has 0 spiro atoms. The van der Waals surface area contributed by atoms with Crippen molar-refractivity contribution in [3.63, 3.8) is 0 Å². The number of nitrogens with zero attached hydrogens (tertiary/aromatic N) is 3. The minimum Gasteiger partial charge on any atom is -0.325 e. The molecule has 2 heterocycles. The van der Waals surface area contributed by atoms with Crippen molar-refractivity contribution in [1.82, 2.24) is 14.7 Å². The molecule has 0 bridgehead atoms. The average molecular weight is 234 g/mol. The smallest absolute Gasteiger partial charge is 0.0649 e. The highest BCUT2D eigenvalue weighted by Crippen LogP contribution is 2.36. The van der Waals surface area contributed by atoms with Crippen LogP contribution in [0.4, 0.5) is 0 Å². The molecule has 1 atom stereocenters. The summed E-state index contributed by atoms with van der Waals surface area (Å²) >= 11 is 0. The molecule has 1 saturated heterocycles. The van der Waals surface area contributed by atoms with Crippen LogP contribution in [0.25, 0.3) is 0 Å². The maximum Gasteiger partial charge on any atom is 0.0649 e. The van der Waals surface area contributed by atoms with E-state index in [9.17, 15) is 0 Å². The fourth-order valence-electron chi connectivity index (χ4n) is 2.85. The second-order valence-electron chi connectivity index (χ2n) is 5.86. The molecular formula is C13H22N4. The lowest BCUT2D eigenvalue weighted by Gasteiger charge is -2.31. The topological polar surface area (TPSA) is 47.1 Å². The van der Waals surface area contributed by atoms with E-state index < -0.39 is 0 Å². The van der Waals surface area contributed by atoms with Crippen LogP contribution < -0.4 is 5.73 Å². The lowest BCUT2D eigenvalue weighted by molar-refractivity contribution is 0.199. The van der Waals surface area contributed by atoms with Crippen LogP contribution in [0.5, 0.6) is 0 Å². The van der Waals surface area contributed by atoms with Crippen molar-refractivity contribution < 1.29 is 0 Å². The molecule has 0 radical (unpaired) electrons. The highest BCUT2D eigenvalue weighted by molar-refractivity contribution is 5.13.